The van der Waals surface area contributed by atoms with E-state index in [1.165, 1.54) is 51.4 Å². The zero-order valence-corrected chi connectivity index (χ0v) is 21.3. The van der Waals surface area contributed by atoms with Crippen LogP contribution in [-0.4, -0.2) is 27.1 Å². The molecule has 176 valence electrons. The molecular formula is C26H37ClN2O2S. The second kappa shape index (κ2) is 15.3. The molecule has 0 radical (unpaired) electrons. The average molecular weight is 477 g/mol. The summed E-state index contributed by atoms with van der Waals surface area (Å²) in [5.74, 6) is 1.22. The van der Waals surface area contributed by atoms with E-state index in [-0.39, 0.29) is 5.92 Å². The predicted molar refractivity (Wildman–Crippen MR) is 136 cm³/mol. The molecule has 1 heterocycles. The van der Waals surface area contributed by atoms with E-state index in [2.05, 4.69) is 16.9 Å². The molecule has 1 unspecified atom stereocenters. The number of hydrogen-bond acceptors (Lipinski definition) is 5. The van der Waals surface area contributed by atoms with Gasteiger partial charge >= 0.3 is 5.97 Å². The first-order valence-corrected chi connectivity index (χ1v) is 13.4. The van der Waals surface area contributed by atoms with Gasteiger partial charge in [-0.3, -0.25) is 4.79 Å². The van der Waals surface area contributed by atoms with Gasteiger partial charge in [-0.1, -0.05) is 96.0 Å². The summed E-state index contributed by atoms with van der Waals surface area (Å²) < 4.78 is 5.40. The number of rotatable bonds is 15. The van der Waals surface area contributed by atoms with Crippen molar-refractivity contribution < 1.29 is 9.53 Å². The Balaban J connectivity index is 1.74. The van der Waals surface area contributed by atoms with Crippen molar-refractivity contribution in [3.63, 3.8) is 0 Å². The molecule has 0 aliphatic rings. The highest BCUT2D eigenvalue weighted by Gasteiger charge is 2.23. The number of aromatic nitrogens is 2. The van der Waals surface area contributed by atoms with E-state index in [0.717, 1.165) is 28.5 Å². The zero-order chi connectivity index (χ0) is 23.2. The summed E-state index contributed by atoms with van der Waals surface area (Å²) >= 11 is 7.88. The van der Waals surface area contributed by atoms with Gasteiger partial charge in [0, 0.05) is 23.7 Å². The Hall–Kier alpha value is -1.59. The van der Waals surface area contributed by atoms with Gasteiger partial charge in [0.15, 0.2) is 5.16 Å². The Labute approximate surface area is 202 Å². The smallest absolute Gasteiger partial charge is 0.329 e. The Bertz CT molecular complexity index is 783. The summed E-state index contributed by atoms with van der Waals surface area (Å²) in [6.45, 7) is 6.21. The van der Waals surface area contributed by atoms with E-state index in [1.54, 1.807) is 23.9 Å². The summed E-state index contributed by atoms with van der Waals surface area (Å²) in [5.41, 5.74) is 1.92. The van der Waals surface area contributed by atoms with Crippen LogP contribution in [0.1, 0.15) is 78.6 Å². The van der Waals surface area contributed by atoms with Gasteiger partial charge in [-0.25, -0.2) is 9.97 Å². The van der Waals surface area contributed by atoms with Gasteiger partial charge in [-0.05, 0) is 30.0 Å². The number of alkyl halides is 1. The lowest BCUT2D eigenvalue weighted by molar-refractivity contribution is -0.134. The fraction of sp³-hybridized carbons (Fsp3) is 0.577. The van der Waals surface area contributed by atoms with Crippen LogP contribution in [-0.2, 0) is 4.79 Å². The number of halogens is 1. The summed E-state index contributed by atoms with van der Waals surface area (Å²) in [5, 5.41) is 0.185. The van der Waals surface area contributed by atoms with Crippen LogP contribution in [0.3, 0.4) is 0 Å². The first-order valence-electron chi connectivity index (χ1n) is 12.0. The Morgan fingerprint density at radius 1 is 0.938 bits per heavy atom. The van der Waals surface area contributed by atoms with E-state index in [9.17, 15) is 4.79 Å². The molecule has 0 aliphatic carbocycles. The summed E-state index contributed by atoms with van der Waals surface area (Å²) in [7, 11) is 0. The first-order chi connectivity index (χ1) is 15.5. The molecule has 4 nitrogen and oxygen atoms in total. The maximum Gasteiger partial charge on any atom is 0.329 e. The lowest BCUT2D eigenvalue weighted by atomic mass is 10.1. The lowest BCUT2D eigenvalue weighted by Crippen LogP contribution is -2.26. The molecule has 0 amide bonds. The van der Waals surface area contributed by atoms with Crippen LogP contribution in [0.15, 0.2) is 41.8 Å². The number of carbonyl (C=O) groups is 1. The fourth-order valence-corrected chi connectivity index (χ4v) is 4.27. The number of esters is 1. The van der Waals surface area contributed by atoms with Crippen LogP contribution < -0.4 is 4.74 Å². The van der Waals surface area contributed by atoms with Crippen molar-refractivity contribution >= 4 is 29.3 Å². The van der Waals surface area contributed by atoms with Crippen LogP contribution >= 0.6 is 23.4 Å². The van der Waals surface area contributed by atoms with Gasteiger partial charge in [-0.15, -0.1) is 11.6 Å². The minimum Gasteiger partial charge on any atom is -0.425 e. The van der Waals surface area contributed by atoms with Gasteiger partial charge < -0.3 is 4.74 Å². The molecule has 0 N–H and O–H groups in total. The molecule has 2 atom stereocenters. The van der Waals surface area contributed by atoms with Crippen molar-refractivity contribution in [3.05, 3.63) is 36.7 Å². The summed E-state index contributed by atoms with van der Waals surface area (Å²) in [6.07, 6.45) is 15.2. The monoisotopic (exact) mass is 476 g/mol. The van der Waals surface area contributed by atoms with Gasteiger partial charge in [0.1, 0.15) is 11.1 Å². The number of thioether (sulfide) groups is 1. The molecule has 6 heteroatoms. The van der Waals surface area contributed by atoms with E-state index in [1.807, 2.05) is 38.4 Å². The number of unbranched alkanes of at least 4 members (excludes halogenated alkanes) is 7. The maximum atomic E-state index is 12.1. The molecule has 0 fully saturated rings. The first kappa shape index (κ1) is 26.7. The Morgan fingerprint density at radius 3 is 2.12 bits per heavy atom. The number of benzene rings is 1. The normalized spacial score (nSPS) is 13.0. The summed E-state index contributed by atoms with van der Waals surface area (Å²) in [4.78, 5) is 21.1. The average Bonchev–Trinajstić information content (AvgIpc) is 2.83. The standard InChI is InChI=1S/C26H37ClN2O2S/c1-4-6-7-8-9-10-11-12-17-32-26-28-18-22(19-29-26)21-13-15-23(16-14-21)31-25(30)24(27)20(3)5-2/h13-16,18-20,24H,4-12,17H2,1-3H3/t20?,24-/m0/s1. The highest BCUT2D eigenvalue weighted by atomic mass is 35.5. The molecule has 32 heavy (non-hydrogen) atoms. The molecule has 0 spiro atoms. The number of nitrogens with zero attached hydrogens (tertiary/aromatic N) is 2. The van der Waals surface area contributed by atoms with Gasteiger partial charge in [-0.2, -0.15) is 0 Å². The number of carbonyl (C=O) groups excluding carboxylic acids is 1. The third-order valence-corrected chi connectivity index (χ3v) is 7.20. The SMILES string of the molecule is CCCCCCCCCCSc1ncc(-c2ccc(OC(=O)[C@@H](Cl)C(C)CC)cc2)cn1. The van der Waals surface area contributed by atoms with Crippen molar-refractivity contribution in [2.24, 2.45) is 5.92 Å². The zero-order valence-electron chi connectivity index (χ0n) is 19.7. The Morgan fingerprint density at radius 2 is 1.53 bits per heavy atom. The number of ether oxygens (including phenoxy) is 1. The molecule has 2 aromatic rings. The second-order valence-electron chi connectivity index (χ2n) is 8.31. The van der Waals surface area contributed by atoms with Gasteiger partial charge in [0.25, 0.3) is 0 Å². The topological polar surface area (TPSA) is 52.1 Å². The molecule has 0 saturated carbocycles. The lowest BCUT2D eigenvalue weighted by Gasteiger charge is -2.15. The van der Waals surface area contributed by atoms with Crippen molar-refractivity contribution in [1.29, 1.82) is 0 Å². The van der Waals surface area contributed by atoms with Crippen LogP contribution in [0.5, 0.6) is 5.75 Å². The minimum absolute atomic E-state index is 0.0764. The van der Waals surface area contributed by atoms with Gasteiger partial charge in [0.2, 0.25) is 0 Å². The van der Waals surface area contributed by atoms with Crippen LogP contribution in [0.2, 0.25) is 0 Å². The molecule has 1 aromatic carbocycles. The van der Waals surface area contributed by atoms with Crippen molar-refractivity contribution in [1.82, 2.24) is 9.97 Å². The molecular weight excluding hydrogens is 440 g/mol. The third kappa shape index (κ3) is 9.50. The van der Waals surface area contributed by atoms with Crippen molar-refractivity contribution in [3.8, 4) is 16.9 Å². The molecule has 0 bridgehead atoms. The highest BCUT2D eigenvalue weighted by Crippen LogP contribution is 2.24. The minimum atomic E-state index is -0.635. The van der Waals surface area contributed by atoms with Crippen LogP contribution in [0.25, 0.3) is 11.1 Å². The van der Waals surface area contributed by atoms with Crippen LogP contribution in [0.4, 0.5) is 0 Å². The fourth-order valence-electron chi connectivity index (χ4n) is 3.27. The van der Waals surface area contributed by atoms with Crippen LogP contribution in [0, 0.1) is 5.92 Å². The number of hydrogen-bond donors (Lipinski definition) is 0. The van der Waals surface area contributed by atoms with Crippen molar-refractivity contribution in [2.75, 3.05) is 5.75 Å². The third-order valence-electron chi connectivity index (χ3n) is 5.63. The highest BCUT2D eigenvalue weighted by molar-refractivity contribution is 7.99. The van der Waals surface area contributed by atoms with E-state index in [4.69, 9.17) is 16.3 Å². The van der Waals surface area contributed by atoms with Crippen molar-refractivity contribution in [2.45, 2.75) is 89.1 Å². The Kier molecular flexibility index (Phi) is 12.7. The van der Waals surface area contributed by atoms with E-state index >= 15 is 0 Å². The predicted octanol–water partition coefficient (Wildman–Crippen LogP) is 7.94. The second-order valence-corrected chi connectivity index (χ2v) is 9.84. The van der Waals surface area contributed by atoms with E-state index < -0.39 is 11.3 Å². The molecule has 0 saturated heterocycles. The molecule has 2 rings (SSSR count). The quantitative estimate of drug-likeness (QED) is 0.0651. The maximum absolute atomic E-state index is 12.1. The molecule has 0 aliphatic heterocycles. The largest absolute Gasteiger partial charge is 0.425 e. The summed E-state index contributed by atoms with van der Waals surface area (Å²) in [6, 6.07) is 7.36. The molecule has 1 aromatic heterocycles. The van der Waals surface area contributed by atoms with E-state index in [0.29, 0.717) is 5.75 Å². The van der Waals surface area contributed by atoms with Gasteiger partial charge in [0.05, 0.1) is 0 Å².